The summed E-state index contributed by atoms with van der Waals surface area (Å²) in [4.78, 5) is 52.6. The van der Waals surface area contributed by atoms with Gasteiger partial charge in [0.25, 0.3) is 11.8 Å². The van der Waals surface area contributed by atoms with Crippen LogP contribution in [0.4, 0.5) is 0 Å². The van der Waals surface area contributed by atoms with Crippen molar-refractivity contribution in [3.8, 4) is 0 Å². The van der Waals surface area contributed by atoms with Crippen LogP contribution in [0.2, 0.25) is 0 Å². The molecule has 1 spiro atoms. The van der Waals surface area contributed by atoms with E-state index < -0.39 is 35.1 Å². The van der Waals surface area contributed by atoms with Crippen molar-refractivity contribution in [2.45, 2.75) is 12.1 Å². The Balaban J connectivity index is 1.92. The number of esters is 1. The van der Waals surface area contributed by atoms with Crippen LogP contribution in [0.15, 0.2) is 48.5 Å². The van der Waals surface area contributed by atoms with Gasteiger partial charge in [-0.2, -0.15) is 0 Å². The number of carbonyl (C=O) groups excluding carboxylic acids is 4. The molecule has 3 amide bonds. The number of ether oxygens (including phenoxy) is 1. The first-order valence-corrected chi connectivity index (χ1v) is 9.58. The molecule has 0 aromatic heterocycles. The molecule has 2 atom stereocenters. The number of carbonyl (C=O) groups is 4. The number of fused-ring (bicyclic) bond motifs is 2. The van der Waals surface area contributed by atoms with Crippen molar-refractivity contribution in [2.75, 3.05) is 7.11 Å². The van der Waals surface area contributed by atoms with Crippen LogP contribution in [0, 0.1) is 9.49 Å². The van der Waals surface area contributed by atoms with E-state index in [1.165, 1.54) is 4.90 Å². The average Bonchev–Trinajstić information content (AvgIpc) is 3.09. The standard InChI is InChI=1S/C20H15IN2O5/c1-28-18(26)15-16(24)22-19(27)20(15)14-5-3-2-4-13(14)17(25)23(20)10-11-6-8-12(21)9-7-11/h2-9,15H,10H2,1H3,(H,22,24,27). The van der Waals surface area contributed by atoms with Crippen LogP contribution in [0.3, 0.4) is 0 Å². The summed E-state index contributed by atoms with van der Waals surface area (Å²) < 4.78 is 5.83. The lowest BCUT2D eigenvalue weighted by atomic mass is 9.79. The summed E-state index contributed by atoms with van der Waals surface area (Å²) in [5.74, 6) is -4.21. The van der Waals surface area contributed by atoms with Crippen molar-refractivity contribution < 1.29 is 23.9 Å². The molecule has 0 saturated carbocycles. The molecule has 0 radical (unpaired) electrons. The number of halogens is 1. The maximum absolute atomic E-state index is 13.2. The molecule has 1 fully saturated rings. The minimum absolute atomic E-state index is 0.0681. The van der Waals surface area contributed by atoms with Gasteiger partial charge in [-0.05, 0) is 46.4 Å². The number of hydrogen-bond donors (Lipinski definition) is 1. The first-order valence-electron chi connectivity index (χ1n) is 8.50. The predicted molar refractivity (Wildman–Crippen MR) is 106 cm³/mol. The zero-order valence-corrected chi connectivity index (χ0v) is 16.9. The highest BCUT2D eigenvalue weighted by atomic mass is 127. The van der Waals surface area contributed by atoms with Crippen LogP contribution >= 0.6 is 22.6 Å². The average molecular weight is 490 g/mol. The normalized spacial score (nSPS) is 23.1. The molecule has 0 aliphatic carbocycles. The molecule has 28 heavy (non-hydrogen) atoms. The maximum atomic E-state index is 13.2. The van der Waals surface area contributed by atoms with E-state index in [0.29, 0.717) is 11.1 Å². The topological polar surface area (TPSA) is 92.8 Å². The summed E-state index contributed by atoms with van der Waals surface area (Å²) in [6, 6.07) is 14.0. The van der Waals surface area contributed by atoms with E-state index >= 15 is 0 Å². The molecule has 4 rings (SSSR count). The van der Waals surface area contributed by atoms with Crippen LogP contribution in [-0.2, 0) is 31.2 Å². The molecular formula is C20H15IN2O5. The fourth-order valence-electron chi connectivity index (χ4n) is 3.97. The minimum atomic E-state index is -1.76. The second kappa shape index (κ2) is 6.69. The Morgan fingerprint density at radius 3 is 2.50 bits per heavy atom. The van der Waals surface area contributed by atoms with E-state index in [0.717, 1.165) is 16.2 Å². The largest absolute Gasteiger partial charge is 0.468 e. The molecule has 2 aliphatic rings. The van der Waals surface area contributed by atoms with Gasteiger partial charge in [0.05, 0.1) is 7.11 Å². The molecule has 8 heteroatoms. The van der Waals surface area contributed by atoms with Gasteiger partial charge in [-0.15, -0.1) is 0 Å². The highest BCUT2D eigenvalue weighted by Crippen LogP contribution is 2.48. The van der Waals surface area contributed by atoms with Gasteiger partial charge in [0, 0.05) is 21.2 Å². The van der Waals surface area contributed by atoms with Crippen molar-refractivity contribution >= 4 is 46.3 Å². The number of benzene rings is 2. The molecule has 2 aromatic carbocycles. The van der Waals surface area contributed by atoms with E-state index in [9.17, 15) is 19.2 Å². The quantitative estimate of drug-likeness (QED) is 0.306. The minimum Gasteiger partial charge on any atom is -0.468 e. The summed E-state index contributed by atoms with van der Waals surface area (Å²) in [7, 11) is 1.15. The van der Waals surface area contributed by atoms with Crippen LogP contribution in [0.25, 0.3) is 0 Å². The number of rotatable bonds is 3. The Kier molecular flexibility index (Phi) is 4.45. The second-order valence-electron chi connectivity index (χ2n) is 6.60. The van der Waals surface area contributed by atoms with Crippen molar-refractivity contribution in [2.24, 2.45) is 5.92 Å². The van der Waals surface area contributed by atoms with Gasteiger partial charge >= 0.3 is 5.97 Å². The van der Waals surface area contributed by atoms with Crippen molar-refractivity contribution in [1.82, 2.24) is 10.2 Å². The Bertz CT molecular complexity index is 1020. The molecule has 2 aromatic rings. The van der Waals surface area contributed by atoms with Crippen LogP contribution in [0.5, 0.6) is 0 Å². The van der Waals surface area contributed by atoms with Crippen molar-refractivity contribution in [3.63, 3.8) is 0 Å². The summed E-state index contributed by atoms with van der Waals surface area (Å²) in [5, 5.41) is 2.23. The number of nitrogens with one attached hydrogen (secondary N) is 1. The first kappa shape index (κ1) is 18.6. The van der Waals surface area contributed by atoms with Crippen molar-refractivity contribution in [3.05, 3.63) is 68.8 Å². The smallest absolute Gasteiger partial charge is 0.321 e. The van der Waals surface area contributed by atoms with Gasteiger partial charge in [-0.25, -0.2) is 0 Å². The second-order valence-corrected chi connectivity index (χ2v) is 7.85. The fourth-order valence-corrected chi connectivity index (χ4v) is 4.33. The molecule has 2 heterocycles. The lowest BCUT2D eigenvalue weighted by molar-refractivity contribution is -0.155. The van der Waals surface area contributed by atoms with Gasteiger partial charge in [0.1, 0.15) is 0 Å². The highest BCUT2D eigenvalue weighted by Gasteiger charge is 2.68. The van der Waals surface area contributed by atoms with E-state index in [1.807, 2.05) is 24.3 Å². The van der Waals surface area contributed by atoms with Gasteiger partial charge in [-0.3, -0.25) is 24.5 Å². The zero-order valence-electron chi connectivity index (χ0n) is 14.8. The lowest BCUT2D eigenvalue weighted by Crippen LogP contribution is -2.54. The van der Waals surface area contributed by atoms with Gasteiger partial charge in [0.15, 0.2) is 11.5 Å². The van der Waals surface area contributed by atoms with E-state index in [4.69, 9.17) is 4.74 Å². The Hall–Kier alpha value is -2.75. The zero-order chi connectivity index (χ0) is 20.1. The summed E-state index contributed by atoms with van der Waals surface area (Å²) >= 11 is 2.17. The van der Waals surface area contributed by atoms with E-state index in [-0.39, 0.29) is 6.54 Å². The Labute approximate surface area is 174 Å². The number of nitrogens with zero attached hydrogens (tertiary/aromatic N) is 1. The summed E-state index contributed by atoms with van der Waals surface area (Å²) in [5.41, 5.74) is -0.353. The first-order chi connectivity index (χ1) is 13.4. The van der Waals surface area contributed by atoms with Crippen LogP contribution in [0.1, 0.15) is 21.5 Å². The Morgan fingerprint density at radius 2 is 1.82 bits per heavy atom. The third-order valence-corrected chi connectivity index (χ3v) is 5.91. The molecule has 2 aliphatic heterocycles. The Morgan fingerprint density at radius 1 is 1.14 bits per heavy atom. The SMILES string of the molecule is COC(=O)C1C(=O)NC(=O)C12c1ccccc1C(=O)N2Cc1ccc(I)cc1. The van der Waals surface area contributed by atoms with Crippen molar-refractivity contribution in [1.29, 1.82) is 0 Å². The third-order valence-electron chi connectivity index (χ3n) is 5.19. The van der Waals surface area contributed by atoms with Gasteiger partial charge in [0.2, 0.25) is 5.91 Å². The molecule has 142 valence electrons. The maximum Gasteiger partial charge on any atom is 0.321 e. The predicted octanol–water partition coefficient (Wildman–Crippen LogP) is 1.59. The van der Waals surface area contributed by atoms with Gasteiger partial charge < -0.3 is 9.64 Å². The lowest BCUT2D eigenvalue weighted by Gasteiger charge is -2.36. The number of hydrogen-bond acceptors (Lipinski definition) is 5. The molecule has 1 N–H and O–H groups in total. The summed E-state index contributed by atoms with van der Waals surface area (Å²) in [6.45, 7) is 0.0681. The monoisotopic (exact) mass is 490 g/mol. The van der Waals surface area contributed by atoms with E-state index in [2.05, 4.69) is 27.9 Å². The van der Waals surface area contributed by atoms with Crippen LogP contribution < -0.4 is 5.32 Å². The molecule has 1 saturated heterocycles. The highest BCUT2D eigenvalue weighted by molar-refractivity contribution is 14.1. The number of amides is 3. The van der Waals surface area contributed by atoms with Gasteiger partial charge in [-0.1, -0.05) is 30.3 Å². The summed E-state index contributed by atoms with van der Waals surface area (Å²) in [6.07, 6.45) is 0. The molecule has 7 nitrogen and oxygen atoms in total. The molecule has 2 unspecified atom stereocenters. The third kappa shape index (κ3) is 2.47. The van der Waals surface area contributed by atoms with Crippen LogP contribution in [-0.4, -0.2) is 35.7 Å². The number of methoxy groups -OCH3 is 1. The molecule has 0 bridgehead atoms. The molecular weight excluding hydrogens is 475 g/mol. The van der Waals surface area contributed by atoms with E-state index in [1.54, 1.807) is 24.3 Å². The fraction of sp³-hybridized carbons (Fsp3) is 0.200. The number of imide groups is 1.